The third kappa shape index (κ3) is 2.14. The molecule has 0 radical (unpaired) electrons. The average Bonchev–Trinajstić information content (AvgIpc) is 2.55. The van der Waals surface area contributed by atoms with Crippen LogP contribution in [0, 0.1) is 0 Å². The van der Waals surface area contributed by atoms with E-state index >= 15 is 0 Å². The van der Waals surface area contributed by atoms with E-state index in [0.29, 0.717) is 0 Å². The zero-order valence-electron chi connectivity index (χ0n) is 11.4. The van der Waals surface area contributed by atoms with Gasteiger partial charge in [-0.1, -0.05) is 76.6 Å². The van der Waals surface area contributed by atoms with E-state index in [-0.39, 0.29) is 0 Å². The van der Waals surface area contributed by atoms with Gasteiger partial charge in [0.15, 0.2) is 0 Å². The van der Waals surface area contributed by atoms with Crippen molar-refractivity contribution in [2.24, 2.45) is 0 Å². The van der Waals surface area contributed by atoms with Crippen LogP contribution in [0.5, 0.6) is 0 Å². The predicted molar refractivity (Wildman–Crippen MR) is 94.6 cm³/mol. The first kappa shape index (κ1) is 12.6. The molecule has 0 heterocycles. The summed E-state index contributed by atoms with van der Waals surface area (Å²) in [6.07, 6.45) is 0. The summed E-state index contributed by atoms with van der Waals surface area (Å²) in [6.45, 7) is 0. The number of hydrogen-bond donors (Lipinski definition) is 0. The normalized spacial score (nSPS) is 11.1. The van der Waals surface area contributed by atoms with Gasteiger partial charge in [-0.15, -0.1) is 0 Å². The zero-order chi connectivity index (χ0) is 14.2. The van der Waals surface area contributed by atoms with Gasteiger partial charge in [0, 0.05) is 4.47 Å². The minimum atomic E-state index is 1.14. The molecule has 4 rings (SSSR count). The second kappa shape index (κ2) is 5.01. The summed E-state index contributed by atoms with van der Waals surface area (Å²) in [5, 5.41) is 5.10. The fourth-order valence-corrected chi connectivity index (χ4v) is 3.33. The van der Waals surface area contributed by atoms with Crippen molar-refractivity contribution in [3.8, 4) is 11.1 Å². The zero-order valence-corrected chi connectivity index (χ0v) is 13.0. The third-order valence-corrected chi connectivity index (χ3v) is 4.61. The third-order valence-electron chi connectivity index (χ3n) is 3.91. The maximum absolute atomic E-state index is 3.69. The lowest BCUT2D eigenvalue weighted by atomic mass is 9.96. The van der Waals surface area contributed by atoms with Crippen molar-refractivity contribution in [1.82, 2.24) is 0 Å². The summed E-state index contributed by atoms with van der Waals surface area (Å²) in [6, 6.07) is 28.0. The minimum Gasteiger partial charge on any atom is -0.0622 e. The van der Waals surface area contributed by atoms with Gasteiger partial charge in [-0.3, -0.25) is 0 Å². The summed E-state index contributed by atoms with van der Waals surface area (Å²) in [7, 11) is 0. The Labute approximate surface area is 132 Å². The van der Waals surface area contributed by atoms with Crippen LogP contribution in [0.25, 0.3) is 32.7 Å². The molecule has 4 aromatic rings. The summed E-state index contributed by atoms with van der Waals surface area (Å²) < 4.78 is 1.14. The highest BCUT2D eigenvalue weighted by Gasteiger charge is 2.07. The maximum Gasteiger partial charge on any atom is 0.0254 e. The molecule has 0 saturated heterocycles. The molecule has 0 unspecified atom stereocenters. The van der Waals surface area contributed by atoms with Gasteiger partial charge in [-0.05, 0) is 50.9 Å². The Kier molecular flexibility index (Phi) is 3.01. The summed E-state index contributed by atoms with van der Waals surface area (Å²) in [4.78, 5) is 0. The van der Waals surface area contributed by atoms with E-state index in [9.17, 15) is 0 Å². The van der Waals surface area contributed by atoms with E-state index in [1.807, 2.05) is 0 Å². The highest BCUT2D eigenvalue weighted by molar-refractivity contribution is 9.10. The van der Waals surface area contributed by atoms with Crippen LogP contribution in [0.2, 0.25) is 0 Å². The first-order chi connectivity index (χ1) is 10.3. The SMILES string of the molecule is Brc1ccc(-c2ccccc2)c2cc3ccccc3cc12. The summed E-state index contributed by atoms with van der Waals surface area (Å²) >= 11 is 3.69. The fraction of sp³-hybridized carbons (Fsp3) is 0. The summed E-state index contributed by atoms with van der Waals surface area (Å²) in [5.41, 5.74) is 2.53. The molecule has 1 heteroatoms. The molecule has 0 aliphatic heterocycles. The highest BCUT2D eigenvalue weighted by atomic mass is 79.9. The van der Waals surface area contributed by atoms with Crippen LogP contribution >= 0.6 is 15.9 Å². The Morgan fingerprint density at radius 2 is 1.19 bits per heavy atom. The van der Waals surface area contributed by atoms with Gasteiger partial charge in [0.1, 0.15) is 0 Å². The number of hydrogen-bond acceptors (Lipinski definition) is 0. The van der Waals surface area contributed by atoms with Crippen molar-refractivity contribution in [2.45, 2.75) is 0 Å². The molecule has 0 aromatic heterocycles. The van der Waals surface area contributed by atoms with Gasteiger partial charge in [-0.2, -0.15) is 0 Å². The van der Waals surface area contributed by atoms with Gasteiger partial charge in [0.05, 0.1) is 0 Å². The second-order valence-corrected chi connectivity index (χ2v) is 6.06. The smallest absolute Gasteiger partial charge is 0.0254 e. The number of rotatable bonds is 1. The van der Waals surface area contributed by atoms with E-state index in [0.717, 1.165) is 4.47 Å². The predicted octanol–water partition coefficient (Wildman–Crippen LogP) is 6.42. The molecule has 21 heavy (non-hydrogen) atoms. The molecule has 4 aromatic carbocycles. The van der Waals surface area contributed by atoms with Gasteiger partial charge in [0.2, 0.25) is 0 Å². The van der Waals surface area contributed by atoms with Crippen molar-refractivity contribution in [1.29, 1.82) is 0 Å². The first-order valence-corrected chi connectivity index (χ1v) is 7.79. The molecule has 0 amide bonds. The van der Waals surface area contributed by atoms with Gasteiger partial charge >= 0.3 is 0 Å². The van der Waals surface area contributed by atoms with Gasteiger partial charge in [0.25, 0.3) is 0 Å². The largest absolute Gasteiger partial charge is 0.0622 e. The molecule has 0 nitrogen and oxygen atoms in total. The number of halogens is 1. The molecule has 0 fully saturated rings. The monoisotopic (exact) mass is 332 g/mol. The molecule has 0 atom stereocenters. The lowest BCUT2D eigenvalue weighted by Gasteiger charge is -2.10. The van der Waals surface area contributed by atoms with Crippen molar-refractivity contribution in [3.05, 3.63) is 83.3 Å². The van der Waals surface area contributed by atoms with Crippen LogP contribution in [-0.4, -0.2) is 0 Å². The van der Waals surface area contributed by atoms with E-state index in [2.05, 4.69) is 94.8 Å². The first-order valence-electron chi connectivity index (χ1n) is 6.99. The Bertz CT molecular complexity index is 940. The molecule has 0 aliphatic rings. The topological polar surface area (TPSA) is 0 Å². The quantitative estimate of drug-likeness (QED) is 0.352. The van der Waals surface area contributed by atoms with Crippen LogP contribution in [-0.2, 0) is 0 Å². The van der Waals surface area contributed by atoms with Crippen LogP contribution in [0.15, 0.2) is 83.3 Å². The molecule has 0 N–H and O–H groups in total. The molecule has 100 valence electrons. The molecule has 0 saturated carbocycles. The Morgan fingerprint density at radius 3 is 1.90 bits per heavy atom. The van der Waals surface area contributed by atoms with E-state index in [4.69, 9.17) is 0 Å². The number of fused-ring (bicyclic) bond motifs is 2. The fourth-order valence-electron chi connectivity index (χ4n) is 2.87. The van der Waals surface area contributed by atoms with Gasteiger partial charge in [-0.25, -0.2) is 0 Å². The standard InChI is InChI=1S/C20H13Br/c21-20-11-10-17(14-6-2-1-3-7-14)18-12-15-8-4-5-9-16(15)13-19(18)20/h1-13H. The van der Waals surface area contributed by atoms with Crippen molar-refractivity contribution >= 4 is 37.5 Å². The molecular formula is C20H13Br. The van der Waals surface area contributed by atoms with Crippen molar-refractivity contribution < 1.29 is 0 Å². The molecule has 0 spiro atoms. The maximum atomic E-state index is 3.69. The minimum absolute atomic E-state index is 1.14. The van der Waals surface area contributed by atoms with Crippen molar-refractivity contribution in [2.75, 3.05) is 0 Å². The second-order valence-electron chi connectivity index (χ2n) is 5.21. The Balaban J connectivity index is 2.13. The van der Waals surface area contributed by atoms with E-state index in [1.54, 1.807) is 0 Å². The van der Waals surface area contributed by atoms with Crippen LogP contribution < -0.4 is 0 Å². The lowest BCUT2D eigenvalue weighted by Crippen LogP contribution is -1.84. The van der Waals surface area contributed by atoms with Crippen LogP contribution in [0.4, 0.5) is 0 Å². The molecule has 0 aliphatic carbocycles. The van der Waals surface area contributed by atoms with Crippen LogP contribution in [0.3, 0.4) is 0 Å². The summed E-state index contributed by atoms with van der Waals surface area (Å²) in [5.74, 6) is 0. The average molecular weight is 333 g/mol. The van der Waals surface area contributed by atoms with E-state index in [1.165, 1.54) is 32.7 Å². The Hall–Kier alpha value is -2.12. The Morgan fingerprint density at radius 1 is 0.571 bits per heavy atom. The molecule has 0 bridgehead atoms. The molecular weight excluding hydrogens is 320 g/mol. The van der Waals surface area contributed by atoms with E-state index < -0.39 is 0 Å². The van der Waals surface area contributed by atoms with Crippen LogP contribution in [0.1, 0.15) is 0 Å². The lowest BCUT2D eigenvalue weighted by molar-refractivity contribution is 1.64. The highest BCUT2D eigenvalue weighted by Crippen LogP contribution is 2.35. The van der Waals surface area contributed by atoms with Crippen molar-refractivity contribution in [3.63, 3.8) is 0 Å². The number of benzene rings is 4. The van der Waals surface area contributed by atoms with Gasteiger partial charge < -0.3 is 0 Å².